The van der Waals surface area contributed by atoms with Crippen LogP contribution in [0.4, 0.5) is 0 Å². The fourth-order valence-electron chi connectivity index (χ4n) is 1.13. The van der Waals surface area contributed by atoms with Gasteiger partial charge in [-0.05, 0) is 19.8 Å². The zero-order chi connectivity index (χ0) is 11.4. The van der Waals surface area contributed by atoms with Crippen molar-refractivity contribution in [3.8, 4) is 0 Å². The molecular weight excluding hydrogens is 246 g/mol. The number of hydrogen-bond donors (Lipinski definition) is 1. The first-order valence-corrected chi connectivity index (χ1v) is 5.26. The molecule has 0 saturated heterocycles. The third kappa shape index (κ3) is 5.08. The Labute approximate surface area is 98.8 Å². The first-order valence-electron chi connectivity index (χ1n) is 4.12. The minimum absolute atomic E-state index is 0.00611. The van der Waals surface area contributed by atoms with Crippen molar-refractivity contribution in [2.75, 3.05) is 0 Å². The van der Waals surface area contributed by atoms with Crippen LogP contribution in [0.25, 0.3) is 0 Å². The minimum Gasteiger partial charge on any atom is -0.481 e. The molecule has 82 valence electrons. The molecule has 1 atom stereocenters. The first-order chi connectivity index (χ1) is 6.21. The van der Waals surface area contributed by atoms with Crippen molar-refractivity contribution in [3.05, 3.63) is 12.7 Å². The quantitative estimate of drug-likeness (QED) is 0.602. The van der Waals surface area contributed by atoms with Crippen molar-refractivity contribution >= 4 is 40.8 Å². The lowest BCUT2D eigenvalue weighted by Gasteiger charge is -2.27. The van der Waals surface area contributed by atoms with Crippen LogP contribution in [0.15, 0.2) is 12.7 Å². The SMILES string of the molecule is C=CCC[C@@](C)(CC(Cl)(Cl)Cl)C(=O)O. The number of aliphatic carboxylic acids is 1. The van der Waals surface area contributed by atoms with Crippen LogP contribution in [-0.2, 0) is 4.79 Å². The van der Waals surface area contributed by atoms with E-state index in [0.717, 1.165) is 0 Å². The van der Waals surface area contributed by atoms with Gasteiger partial charge in [0, 0.05) is 6.42 Å². The van der Waals surface area contributed by atoms with Crippen LogP contribution in [0, 0.1) is 5.41 Å². The topological polar surface area (TPSA) is 37.3 Å². The van der Waals surface area contributed by atoms with Crippen LogP contribution < -0.4 is 0 Å². The molecule has 0 heterocycles. The largest absolute Gasteiger partial charge is 0.481 e. The second-order valence-corrected chi connectivity index (χ2v) is 6.00. The molecule has 0 aliphatic rings. The van der Waals surface area contributed by atoms with Crippen LogP contribution in [-0.4, -0.2) is 14.9 Å². The predicted molar refractivity (Wildman–Crippen MR) is 60.1 cm³/mol. The Kier molecular flexibility index (Phi) is 5.27. The molecule has 5 heteroatoms. The Balaban J connectivity index is 4.55. The molecule has 0 fully saturated rings. The number of alkyl halides is 3. The van der Waals surface area contributed by atoms with E-state index in [1.54, 1.807) is 13.0 Å². The number of rotatable bonds is 5. The summed E-state index contributed by atoms with van der Waals surface area (Å²) in [5.41, 5.74) is -1.01. The minimum atomic E-state index is -1.53. The van der Waals surface area contributed by atoms with Gasteiger partial charge in [-0.25, -0.2) is 0 Å². The standard InChI is InChI=1S/C9H13Cl3O2/c1-3-4-5-8(2,7(13)14)6-9(10,11)12/h3H,1,4-6H2,2H3,(H,13,14)/t8-/m0/s1. The fraction of sp³-hybridized carbons (Fsp3) is 0.667. The maximum atomic E-state index is 11.0. The molecule has 0 radical (unpaired) electrons. The maximum Gasteiger partial charge on any atom is 0.309 e. The lowest BCUT2D eigenvalue weighted by molar-refractivity contribution is -0.148. The van der Waals surface area contributed by atoms with Crippen molar-refractivity contribution in [2.24, 2.45) is 5.41 Å². The van der Waals surface area contributed by atoms with Crippen LogP contribution in [0.5, 0.6) is 0 Å². The molecule has 0 aromatic rings. The van der Waals surface area contributed by atoms with Crippen molar-refractivity contribution in [2.45, 2.75) is 30.0 Å². The highest BCUT2D eigenvalue weighted by atomic mass is 35.6. The third-order valence-corrected chi connectivity index (χ3v) is 2.41. The van der Waals surface area contributed by atoms with E-state index >= 15 is 0 Å². The summed E-state index contributed by atoms with van der Waals surface area (Å²) in [5.74, 6) is -0.953. The number of hydrogen-bond acceptors (Lipinski definition) is 1. The molecule has 14 heavy (non-hydrogen) atoms. The summed E-state index contributed by atoms with van der Waals surface area (Å²) in [7, 11) is 0. The van der Waals surface area contributed by atoms with Gasteiger partial charge in [0.05, 0.1) is 5.41 Å². The molecule has 0 spiro atoms. The van der Waals surface area contributed by atoms with Crippen molar-refractivity contribution < 1.29 is 9.90 Å². The molecule has 0 aliphatic carbocycles. The van der Waals surface area contributed by atoms with Crippen LogP contribution in [0.2, 0.25) is 0 Å². The lowest BCUT2D eigenvalue weighted by atomic mass is 9.83. The Hall–Kier alpha value is 0.0800. The third-order valence-electron chi connectivity index (χ3n) is 2.01. The molecule has 0 aromatic heterocycles. The van der Waals surface area contributed by atoms with Gasteiger partial charge in [0.15, 0.2) is 3.79 Å². The zero-order valence-corrected chi connectivity index (χ0v) is 10.2. The van der Waals surface area contributed by atoms with Crippen LogP contribution >= 0.6 is 34.8 Å². The summed E-state index contributed by atoms with van der Waals surface area (Å²) in [5, 5.41) is 9.01. The summed E-state index contributed by atoms with van der Waals surface area (Å²) in [6.07, 6.45) is 2.65. The van der Waals surface area contributed by atoms with Gasteiger partial charge in [-0.15, -0.1) is 6.58 Å². The van der Waals surface area contributed by atoms with Crippen LogP contribution in [0.3, 0.4) is 0 Å². The van der Waals surface area contributed by atoms with Gasteiger partial charge in [-0.3, -0.25) is 4.79 Å². The Bertz CT molecular complexity index is 223. The highest BCUT2D eigenvalue weighted by Gasteiger charge is 2.39. The molecule has 0 rings (SSSR count). The highest BCUT2D eigenvalue weighted by Crippen LogP contribution is 2.41. The van der Waals surface area contributed by atoms with E-state index in [9.17, 15) is 4.79 Å². The van der Waals surface area contributed by atoms with E-state index in [2.05, 4.69) is 6.58 Å². The van der Waals surface area contributed by atoms with E-state index < -0.39 is 15.2 Å². The number of halogens is 3. The van der Waals surface area contributed by atoms with Gasteiger partial charge in [-0.1, -0.05) is 40.9 Å². The van der Waals surface area contributed by atoms with E-state index in [0.29, 0.717) is 12.8 Å². The normalized spacial score (nSPS) is 16.0. The summed E-state index contributed by atoms with van der Waals surface area (Å²) in [6.45, 7) is 5.10. The second-order valence-electron chi connectivity index (χ2n) is 3.49. The molecule has 0 saturated carbocycles. The van der Waals surface area contributed by atoms with Gasteiger partial charge in [-0.2, -0.15) is 0 Å². The zero-order valence-electron chi connectivity index (χ0n) is 7.90. The Morgan fingerprint density at radius 2 is 2.00 bits per heavy atom. The molecular formula is C9H13Cl3O2. The monoisotopic (exact) mass is 258 g/mol. The lowest BCUT2D eigenvalue weighted by Crippen LogP contribution is -2.32. The fourth-order valence-corrected chi connectivity index (χ4v) is 2.02. The average Bonchev–Trinajstić information content (AvgIpc) is 1.97. The van der Waals surface area contributed by atoms with Crippen LogP contribution in [0.1, 0.15) is 26.2 Å². The molecule has 0 aliphatic heterocycles. The van der Waals surface area contributed by atoms with Gasteiger partial charge in [0.25, 0.3) is 0 Å². The maximum absolute atomic E-state index is 11.0. The summed E-state index contributed by atoms with van der Waals surface area (Å²) in [6, 6.07) is 0. The Morgan fingerprint density at radius 1 is 1.50 bits per heavy atom. The summed E-state index contributed by atoms with van der Waals surface area (Å²) < 4.78 is -1.53. The van der Waals surface area contributed by atoms with Gasteiger partial charge in [0.2, 0.25) is 0 Å². The molecule has 0 unspecified atom stereocenters. The van der Waals surface area contributed by atoms with E-state index in [-0.39, 0.29) is 6.42 Å². The molecule has 0 aromatic carbocycles. The van der Waals surface area contributed by atoms with Crippen molar-refractivity contribution in [1.29, 1.82) is 0 Å². The van der Waals surface area contributed by atoms with Gasteiger partial charge >= 0.3 is 5.97 Å². The van der Waals surface area contributed by atoms with Crippen molar-refractivity contribution in [3.63, 3.8) is 0 Å². The highest BCUT2D eigenvalue weighted by molar-refractivity contribution is 6.67. The first kappa shape index (κ1) is 14.1. The summed E-state index contributed by atoms with van der Waals surface area (Å²) in [4.78, 5) is 11.0. The van der Waals surface area contributed by atoms with Gasteiger partial charge in [0.1, 0.15) is 0 Å². The molecule has 2 nitrogen and oxygen atoms in total. The average molecular weight is 260 g/mol. The Morgan fingerprint density at radius 3 is 2.29 bits per heavy atom. The number of carbonyl (C=O) groups is 1. The summed E-state index contributed by atoms with van der Waals surface area (Å²) >= 11 is 16.7. The molecule has 0 amide bonds. The smallest absolute Gasteiger partial charge is 0.309 e. The molecule has 1 N–H and O–H groups in total. The van der Waals surface area contributed by atoms with Gasteiger partial charge < -0.3 is 5.11 Å². The predicted octanol–water partition coefficient (Wildman–Crippen LogP) is 3.80. The number of allylic oxidation sites excluding steroid dienone is 1. The van der Waals surface area contributed by atoms with E-state index in [1.807, 2.05) is 0 Å². The van der Waals surface area contributed by atoms with Crippen molar-refractivity contribution in [1.82, 2.24) is 0 Å². The number of carboxylic acids is 1. The van der Waals surface area contributed by atoms with E-state index in [1.165, 1.54) is 0 Å². The second kappa shape index (κ2) is 5.24. The molecule has 0 bridgehead atoms. The van der Waals surface area contributed by atoms with E-state index in [4.69, 9.17) is 39.9 Å². The number of carboxylic acid groups (broad SMARTS) is 1.